The molecule has 10 nitrogen and oxygen atoms in total. The van der Waals surface area contributed by atoms with E-state index in [0.717, 1.165) is 22.7 Å². The molecule has 0 saturated carbocycles. The third-order valence-electron chi connectivity index (χ3n) is 8.04. The third kappa shape index (κ3) is 6.08. The van der Waals surface area contributed by atoms with Crippen molar-refractivity contribution in [3.63, 3.8) is 0 Å². The van der Waals surface area contributed by atoms with Gasteiger partial charge in [-0.2, -0.15) is 0 Å². The van der Waals surface area contributed by atoms with Crippen molar-refractivity contribution in [2.24, 2.45) is 0 Å². The molecule has 1 amide bonds. The normalized spacial score (nSPS) is 24.6. The average molecular weight is 594 g/mol. The Hall–Kier alpha value is -3.25. The van der Waals surface area contributed by atoms with E-state index in [1.165, 1.54) is 0 Å². The van der Waals surface area contributed by atoms with E-state index in [1.54, 1.807) is 37.3 Å². The summed E-state index contributed by atoms with van der Waals surface area (Å²) in [6.07, 6.45) is 5.92. The summed E-state index contributed by atoms with van der Waals surface area (Å²) in [7, 11) is 10.9. The third-order valence-corrected chi connectivity index (χ3v) is 8.04. The van der Waals surface area contributed by atoms with E-state index in [0.29, 0.717) is 44.8 Å². The molecule has 5 rings (SSSR count). The second-order valence-corrected chi connectivity index (χ2v) is 11.3. The van der Waals surface area contributed by atoms with Crippen molar-refractivity contribution in [3.8, 4) is 0 Å². The molecule has 2 saturated heterocycles. The lowest BCUT2D eigenvalue weighted by Gasteiger charge is -2.47. The first-order valence-electron chi connectivity index (χ1n) is 14.6. The van der Waals surface area contributed by atoms with E-state index in [1.807, 2.05) is 86.5 Å². The Morgan fingerprint density at radius 3 is 1.60 bits per heavy atom. The molecule has 2 atom stereocenters. The van der Waals surface area contributed by atoms with Gasteiger partial charge in [0.1, 0.15) is 0 Å². The molecule has 0 aromatic heterocycles. The molecule has 0 bridgehead atoms. The summed E-state index contributed by atoms with van der Waals surface area (Å²) >= 11 is 0. The average Bonchev–Trinajstić information content (AvgIpc) is 3.72. The highest BCUT2D eigenvalue weighted by atomic mass is 16.8. The molecule has 2 heterocycles. The molecule has 3 aliphatic rings. The van der Waals surface area contributed by atoms with Crippen LogP contribution in [-0.4, -0.2) is 98.5 Å². The summed E-state index contributed by atoms with van der Waals surface area (Å²) in [6.45, 7) is 1.94. The number of ether oxygens (including phenoxy) is 6. The molecule has 2 unspecified atom stereocenters. The topological polar surface area (TPSA) is 82.2 Å². The van der Waals surface area contributed by atoms with Crippen molar-refractivity contribution < 1.29 is 33.2 Å². The molecular formula is C33H43N3O7. The summed E-state index contributed by atoms with van der Waals surface area (Å²) < 4.78 is 36.7. The van der Waals surface area contributed by atoms with E-state index in [2.05, 4.69) is 0 Å². The van der Waals surface area contributed by atoms with Crippen molar-refractivity contribution in [1.29, 1.82) is 0 Å². The molecule has 232 valence electrons. The lowest BCUT2D eigenvalue weighted by molar-refractivity contribution is -0.378. The number of carbonyl (C=O) groups is 1. The predicted octanol–water partition coefficient (Wildman–Crippen LogP) is 4.28. The molecule has 43 heavy (non-hydrogen) atoms. The van der Waals surface area contributed by atoms with Crippen LogP contribution in [0.15, 0.2) is 72.3 Å². The van der Waals surface area contributed by atoms with Crippen molar-refractivity contribution in [1.82, 2.24) is 0 Å². The number of anilines is 4. The minimum absolute atomic E-state index is 0.262. The number of methoxy groups -OCH3 is 2. The van der Waals surface area contributed by atoms with Crippen LogP contribution >= 0.6 is 0 Å². The Morgan fingerprint density at radius 1 is 0.744 bits per heavy atom. The van der Waals surface area contributed by atoms with E-state index < -0.39 is 11.6 Å². The van der Waals surface area contributed by atoms with Crippen LogP contribution in [0.4, 0.5) is 22.7 Å². The van der Waals surface area contributed by atoms with Crippen LogP contribution < -0.4 is 14.7 Å². The largest absolute Gasteiger partial charge is 0.379 e. The fourth-order valence-electron chi connectivity index (χ4n) is 5.81. The van der Waals surface area contributed by atoms with Crippen LogP contribution in [0.1, 0.15) is 12.8 Å². The van der Waals surface area contributed by atoms with Gasteiger partial charge in [0.2, 0.25) is 11.6 Å². The van der Waals surface area contributed by atoms with E-state index >= 15 is 0 Å². The predicted molar refractivity (Wildman–Crippen MR) is 166 cm³/mol. The molecular weight excluding hydrogens is 550 g/mol. The molecule has 2 aliphatic heterocycles. The number of amides is 1. The molecule has 0 N–H and O–H groups in total. The lowest BCUT2D eigenvalue weighted by atomic mass is 9.92. The summed E-state index contributed by atoms with van der Waals surface area (Å²) in [6, 6.07) is 15.7. The number of hydrogen-bond acceptors (Lipinski definition) is 9. The van der Waals surface area contributed by atoms with Crippen LogP contribution in [0.5, 0.6) is 0 Å². The molecule has 0 spiro atoms. The van der Waals surface area contributed by atoms with Gasteiger partial charge in [-0.1, -0.05) is 24.3 Å². The fraction of sp³-hybridized carbons (Fsp3) is 0.485. The maximum Gasteiger partial charge on any atom is 0.262 e. The first-order chi connectivity index (χ1) is 20.7. The Balaban J connectivity index is 1.68. The van der Waals surface area contributed by atoms with E-state index in [4.69, 9.17) is 28.4 Å². The second kappa shape index (κ2) is 13.2. The standard InChI is InChI=1S/C33H43N3O7/c1-34(2)27-11-7-9-13-29(27)36(30-14-10-8-12-28(30)35(3)4)31(37)24-15-18-32(38-5,39-6)33(21-24,42-25-16-19-40-22-25)43-26-17-20-41-23-26/h7-15,18,21,25-26H,16-17,19-20,22-23H2,1-6H3. The summed E-state index contributed by atoms with van der Waals surface area (Å²) in [4.78, 5) is 20.7. The van der Waals surface area contributed by atoms with Crippen LogP contribution in [-0.2, 0) is 33.2 Å². The first-order valence-corrected chi connectivity index (χ1v) is 14.6. The zero-order valence-electron chi connectivity index (χ0n) is 25.9. The Bertz CT molecular complexity index is 1260. The SMILES string of the molecule is COC1(OC)C=CC(C(=O)N(c2ccccc2N(C)C)c2ccccc2N(C)C)=CC1(OC1CCOC1)OC1CCOC1. The van der Waals surface area contributed by atoms with Gasteiger partial charge >= 0.3 is 0 Å². The Kier molecular flexibility index (Phi) is 9.55. The molecule has 0 radical (unpaired) electrons. The number of nitrogens with zero attached hydrogens (tertiary/aromatic N) is 3. The number of rotatable bonds is 11. The second-order valence-electron chi connectivity index (χ2n) is 11.3. The van der Waals surface area contributed by atoms with Gasteiger partial charge in [0.15, 0.2) is 0 Å². The molecule has 10 heteroatoms. The maximum absolute atomic E-state index is 14.9. The zero-order chi connectivity index (χ0) is 30.6. The molecule has 2 aromatic carbocycles. The van der Waals surface area contributed by atoms with Crippen LogP contribution in [0.2, 0.25) is 0 Å². The van der Waals surface area contributed by atoms with Gasteiger partial charge in [-0.25, -0.2) is 0 Å². The highest BCUT2D eigenvalue weighted by Crippen LogP contribution is 2.45. The van der Waals surface area contributed by atoms with Crippen molar-refractivity contribution in [2.45, 2.75) is 36.6 Å². The monoisotopic (exact) mass is 593 g/mol. The maximum atomic E-state index is 14.9. The molecule has 1 aliphatic carbocycles. The quantitative estimate of drug-likeness (QED) is 0.355. The summed E-state index contributed by atoms with van der Waals surface area (Å²) in [5, 5.41) is 0. The van der Waals surface area contributed by atoms with Gasteiger partial charge in [0.25, 0.3) is 5.91 Å². The van der Waals surface area contributed by atoms with Crippen molar-refractivity contribution in [2.75, 3.05) is 83.5 Å². The van der Waals surface area contributed by atoms with Gasteiger partial charge in [-0.3, -0.25) is 9.69 Å². The first kappa shape index (κ1) is 31.2. The number of para-hydroxylation sites is 4. The smallest absolute Gasteiger partial charge is 0.262 e. The fourth-order valence-corrected chi connectivity index (χ4v) is 5.81. The lowest BCUT2D eigenvalue weighted by Crippen LogP contribution is -2.62. The summed E-state index contributed by atoms with van der Waals surface area (Å²) in [5.41, 5.74) is 3.61. The number of hydrogen-bond donors (Lipinski definition) is 0. The van der Waals surface area contributed by atoms with Gasteiger partial charge in [-0.15, -0.1) is 0 Å². The van der Waals surface area contributed by atoms with Gasteiger partial charge in [0, 0.05) is 61.2 Å². The van der Waals surface area contributed by atoms with E-state index in [9.17, 15) is 4.79 Å². The van der Waals surface area contributed by atoms with Crippen LogP contribution in [0.3, 0.4) is 0 Å². The summed E-state index contributed by atoms with van der Waals surface area (Å²) in [5.74, 6) is -3.32. The number of carbonyl (C=O) groups excluding carboxylic acids is 1. The highest BCUT2D eigenvalue weighted by molar-refractivity contribution is 6.15. The highest BCUT2D eigenvalue weighted by Gasteiger charge is 2.58. The van der Waals surface area contributed by atoms with Crippen molar-refractivity contribution >= 4 is 28.7 Å². The van der Waals surface area contributed by atoms with Gasteiger partial charge in [-0.05, 0) is 55.3 Å². The number of benzene rings is 2. The molecule has 2 aromatic rings. The minimum Gasteiger partial charge on any atom is -0.379 e. The van der Waals surface area contributed by atoms with E-state index in [-0.39, 0.29) is 18.1 Å². The van der Waals surface area contributed by atoms with Crippen molar-refractivity contribution in [3.05, 3.63) is 72.3 Å². The van der Waals surface area contributed by atoms with Gasteiger partial charge in [0.05, 0.1) is 48.2 Å². The zero-order valence-corrected chi connectivity index (χ0v) is 25.9. The van der Waals surface area contributed by atoms with Crippen LogP contribution in [0, 0.1) is 0 Å². The Morgan fingerprint density at radius 2 is 1.21 bits per heavy atom. The van der Waals surface area contributed by atoms with Gasteiger partial charge < -0.3 is 38.2 Å². The van der Waals surface area contributed by atoms with Crippen LogP contribution in [0.25, 0.3) is 0 Å². The Labute approximate surface area is 254 Å². The minimum atomic E-state index is -1.60. The molecule has 2 fully saturated rings.